The van der Waals surface area contributed by atoms with Crippen LogP contribution in [-0.2, 0) is 105 Å². The van der Waals surface area contributed by atoms with E-state index in [9.17, 15) is 74.4 Å². The Morgan fingerprint density at radius 3 is 1.32 bits per heavy atom. The maximum atomic E-state index is 13.0. The third-order valence-electron chi connectivity index (χ3n) is 12.2. The second-order valence-corrected chi connectivity index (χ2v) is 29.5. The van der Waals surface area contributed by atoms with Crippen LogP contribution in [0.1, 0.15) is 80.9 Å². The smallest absolute Gasteiger partial charge is 0.748 e. The van der Waals surface area contributed by atoms with Crippen LogP contribution in [0.25, 0.3) is 12.2 Å². The summed E-state index contributed by atoms with van der Waals surface area (Å²) < 4.78 is 256. The minimum absolute atomic E-state index is 0. The summed E-state index contributed by atoms with van der Waals surface area (Å²) in [6.45, 7) is 13.3. The molecule has 6 rings (SSSR count). The molecule has 2 aromatic heterocycles. The van der Waals surface area contributed by atoms with Gasteiger partial charge in [-0.25, -0.2) is 47.1 Å². The Hall–Kier alpha value is -0.610. The maximum Gasteiger partial charge on any atom is 1.00 e. The topological polar surface area (TPSA) is 594 Å². The van der Waals surface area contributed by atoms with Gasteiger partial charge in [-0.15, -0.1) is 51.0 Å². The molecule has 1 amide bonds. The monoisotopic (exact) mass is 1700 g/mol. The number of amides is 1. The first kappa shape index (κ1) is 116. The average molecular weight is 1700 g/mol. The van der Waals surface area contributed by atoms with Crippen molar-refractivity contribution in [3.8, 4) is 0 Å². The molecule has 0 radical (unpaired) electrons. The Morgan fingerprint density at radius 1 is 0.500 bits per heavy atom. The van der Waals surface area contributed by atoms with Gasteiger partial charge in [-0.3, -0.25) is 9.59 Å². The molecule has 0 saturated carbocycles. The summed E-state index contributed by atoms with van der Waals surface area (Å²) in [5, 5.41) is 8.06. The zero-order chi connectivity index (χ0) is 74.4. The second-order valence-electron chi connectivity index (χ2n) is 21.4. The van der Waals surface area contributed by atoms with E-state index in [1.165, 1.54) is 69.0 Å². The second kappa shape index (κ2) is 53.5. The zero-order valence-corrected chi connectivity index (χ0v) is 81.9. The van der Waals surface area contributed by atoms with Crippen LogP contribution < -0.4 is 262 Å². The summed E-state index contributed by atoms with van der Waals surface area (Å²) in [6, 6.07) is 21.5. The number of ketones is 1. The molecule has 0 aliphatic carbocycles. The van der Waals surface area contributed by atoms with Crippen molar-refractivity contribution in [3.63, 3.8) is 0 Å². The molecule has 106 heavy (non-hydrogen) atoms. The molecule has 0 aliphatic heterocycles. The summed E-state index contributed by atoms with van der Waals surface area (Å²) in [7, 11) is -34.1. The minimum Gasteiger partial charge on any atom is -0.748 e. The van der Waals surface area contributed by atoms with Crippen molar-refractivity contribution in [1.82, 2.24) is 35.2 Å². The molecule has 3 N–H and O–H groups in total. The normalized spacial score (nSPS) is 11.0. The number of Topliss-reactive ketones (excluding diaryl/α,β-unsaturated/α-hetero) is 1. The molecule has 4 aromatic carbocycles. The first-order chi connectivity index (χ1) is 45.0. The van der Waals surface area contributed by atoms with Crippen molar-refractivity contribution in [2.75, 3.05) is 58.1 Å². The molecule has 0 spiro atoms. The van der Waals surface area contributed by atoms with E-state index in [0.29, 0.717) is 0 Å². The number of hydrogen-bond donors (Lipinski definition) is 3. The summed E-state index contributed by atoms with van der Waals surface area (Å²) in [5.74, 6) is -2.88. The number of carbonyl (C=O) groups excluding carboxylic acids is 2. The van der Waals surface area contributed by atoms with Crippen molar-refractivity contribution in [2.45, 2.75) is 80.0 Å². The number of anilines is 6. The van der Waals surface area contributed by atoms with Crippen LogP contribution in [0.2, 0.25) is 0 Å². The molecule has 0 aliphatic rings. The fourth-order valence-corrected chi connectivity index (χ4v) is 12.5. The van der Waals surface area contributed by atoms with Crippen molar-refractivity contribution < 1.29 is 349 Å². The van der Waals surface area contributed by atoms with Crippen LogP contribution in [0.15, 0.2) is 99.6 Å². The fourth-order valence-electron chi connectivity index (χ4n) is 8.62. The van der Waals surface area contributed by atoms with Gasteiger partial charge in [-0.2, -0.15) is 60.8 Å². The molecule has 0 unspecified atom stereocenters. The van der Waals surface area contributed by atoms with E-state index >= 15 is 0 Å². The molecular formula is C53H57N11Na8O26S8. The van der Waals surface area contributed by atoms with E-state index < -0.39 is 125 Å². The summed E-state index contributed by atoms with van der Waals surface area (Å²) in [4.78, 5) is 53.6. The number of aromatic nitrogens is 6. The molecular weight excluding hydrogens is 1650 g/mol. The molecule has 6 aromatic rings. The summed E-state index contributed by atoms with van der Waals surface area (Å²) in [5.41, 5.74) is -1.96. The number of benzene rings is 4. The predicted molar refractivity (Wildman–Crippen MR) is 337 cm³/mol. The van der Waals surface area contributed by atoms with Crippen LogP contribution in [0, 0.1) is 25.3 Å². The first-order valence-electron chi connectivity index (χ1n) is 27.1. The van der Waals surface area contributed by atoms with E-state index in [4.69, 9.17) is 37.9 Å². The third kappa shape index (κ3) is 47.9. The Morgan fingerprint density at radius 2 is 0.896 bits per heavy atom. The summed E-state index contributed by atoms with van der Waals surface area (Å²) >= 11 is 0. The first-order valence-corrected chi connectivity index (χ1v) is 37.4. The van der Waals surface area contributed by atoms with Crippen molar-refractivity contribution in [3.05, 3.63) is 139 Å². The molecule has 0 atom stereocenters. The molecule has 2 heterocycles. The van der Waals surface area contributed by atoms with Gasteiger partial charge in [0, 0.05) is 67.9 Å². The van der Waals surface area contributed by atoms with E-state index in [0.717, 1.165) is 42.0 Å². The zero-order valence-electron chi connectivity index (χ0n) is 59.4. The van der Waals surface area contributed by atoms with Gasteiger partial charge in [0.15, 0.2) is 0 Å². The molecule has 536 valence electrons. The van der Waals surface area contributed by atoms with Crippen molar-refractivity contribution in [1.29, 1.82) is 0 Å². The van der Waals surface area contributed by atoms with Crippen LogP contribution in [0.3, 0.4) is 0 Å². The van der Waals surface area contributed by atoms with Crippen LogP contribution in [-0.4, -0.2) is 188 Å². The van der Waals surface area contributed by atoms with Crippen LogP contribution in [0.5, 0.6) is 0 Å². The van der Waals surface area contributed by atoms with Crippen LogP contribution >= 0.6 is 0 Å². The number of hydrogen-bond acceptors (Lipinski definition) is 36. The third-order valence-corrected chi connectivity index (χ3v) is 17.1. The standard InChI is InChI=1S/C53H62N11O17S5.8Na.3O3S/c1-7-63(26-24-41(65)32-52(3,4)33-82(67,68)69)50-57-45(29-35-12-10-9-11-13-35)56-46(58-50)30-36-14-15-37(43(28-36)85(76,77)78)16-17-38-18-19-40(31-44(38)86(79,80)81)55-49-59-48(54-39-20-22-42(23-21-39)84(73,74)75)60-51(61-49)64(8-2)27-25-47(66)62-53(5,6)34-83(70,71)72;;;;;;;;;3*1-4(2)3/h10-23,28,31H,1-2,7-8,24-27,29-30,32-34H2,3-6H3,(H,62,66)(H,67,68,69)(H,70,71,72)(H,73,74,75)(H,76,77,78)(H,79,80,81)(H2,54,55,59,60,61);;;;;;;;;;;/q-3;8*+1;;;/p-5/b17-16+;;;;;;;;;;;. The largest absolute Gasteiger partial charge is 1.00 e. The Bertz CT molecular complexity index is 4810. The van der Waals surface area contributed by atoms with Crippen molar-refractivity contribution in [2.24, 2.45) is 5.41 Å². The van der Waals surface area contributed by atoms with E-state index in [1.54, 1.807) is 29.2 Å². The fraction of sp³-hybridized carbons (Fsp3) is 0.321. The molecule has 0 fully saturated rings. The van der Waals surface area contributed by atoms with E-state index in [2.05, 4.69) is 65.8 Å². The van der Waals surface area contributed by atoms with Gasteiger partial charge >= 0.3 is 268 Å². The van der Waals surface area contributed by atoms with Gasteiger partial charge in [0.2, 0.25) is 29.7 Å². The Labute approximate surface area is 795 Å². The minimum atomic E-state index is -5.35. The summed E-state index contributed by atoms with van der Waals surface area (Å²) in [6.07, 6.45) is 1.62. The van der Waals surface area contributed by atoms with Gasteiger partial charge in [-0.1, -0.05) is 44.2 Å². The van der Waals surface area contributed by atoms with Gasteiger partial charge in [0.25, 0.3) is 0 Å². The van der Waals surface area contributed by atoms with Gasteiger partial charge in [0.1, 0.15) is 47.8 Å². The van der Waals surface area contributed by atoms with Crippen LogP contribution in [0.4, 0.5) is 35.2 Å². The maximum absolute atomic E-state index is 13.0. The van der Waals surface area contributed by atoms with E-state index in [1.807, 2.05) is 0 Å². The van der Waals surface area contributed by atoms with Gasteiger partial charge < -0.3 is 62.4 Å². The Balaban J connectivity index is -0.00000116. The Kier molecular flexibility index (Phi) is 58.7. The SMILES string of the molecule is O=S(=O)=O.O=S(=O)=O.O=S(=O)=O.[CH2-]CN(CCC(=O)CC(C)(C)CS(=O)(=O)[O-])c1nc(Cc2cc[c-]cc2)nc(Cc2ccc(/C=C/c3ccc(Nc4nc(Nc5ccc(S(=O)(=O)[O-])cc5)nc(N(C[CH2-])CCC(=O)NC(C)(C)CS(=O)(=O)[O-])n4)cc3S(=O)(=O)[O-])c(S(=O)(=O)[O-])c2)n1.[Na+].[Na+].[Na+].[Na+].[Na+].[Na+].[Na+].[Na+]. The average Bonchev–Trinajstić information content (AvgIpc) is 0.803. The predicted octanol–water partition coefficient (Wildman–Crippen LogP) is -23.5. The molecule has 0 bridgehead atoms. The number of rotatable bonds is 30. The molecule has 53 heteroatoms. The number of carbonyl (C=O) groups is 2. The molecule has 0 saturated heterocycles. The van der Waals surface area contributed by atoms with Crippen molar-refractivity contribution >= 4 is 141 Å². The van der Waals surface area contributed by atoms with E-state index in [-0.39, 0.29) is 364 Å². The van der Waals surface area contributed by atoms with Gasteiger partial charge in [0.05, 0.1) is 40.7 Å². The molecule has 37 nitrogen and oxygen atoms in total. The quantitative estimate of drug-likeness (QED) is 0.0163. The number of nitrogens with one attached hydrogen (secondary N) is 3. The van der Waals surface area contributed by atoms with Gasteiger partial charge in [-0.05, 0) is 78.4 Å². The number of nitrogens with zero attached hydrogens (tertiary/aromatic N) is 8.